The number of primary sulfonamides is 1. The number of aromatic nitrogens is 1. The van der Waals surface area contributed by atoms with Crippen molar-refractivity contribution in [3.63, 3.8) is 0 Å². The van der Waals surface area contributed by atoms with E-state index in [2.05, 4.69) is 15.2 Å². The van der Waals surface area contributed by atoms with Gasteiger partial charge in [0.1, 0.15) is 16.5 Å². The molecule has 2 fully saturated rings. The second kappa shape index (κ2) is 9.14. The number of benzene rings is 1. The largest absolute Gasteiger partial charge is 0.475 e. The Morgan fingerprint density at radius 1 is 1.21 bits per heavy atom. The van der Waals surface area contributed by atoms with E-state index in [0.29, 0.717) is 18.7 Å². The minimum absolute atomic E-state index is 0.0156. The quantitative estimate of drug-likeness (QED) is 0.588. The van der Waals surface area contributed by atoms with Gasteiger partial charge in [-0.05, 0) is 63.8 Å². The maximum atomic E-state index is 13.5. The van der Waals surface area contributed by atoms with Gasteiger partial charge in [0.15, 0.2) is 11.4 Å². The summed E-state index contributed by atoms with van der Waals surface area (Å²) in [6.07, 6.45) is 4.56. The number of rotatable bonds is 6. The van der Waals surface area contributed by atoms with Gasteiger partial charge < -0.3 is 15.0 Å². The molecule has 0 unspecified atom stereocenters. The zero-order valence-electron chi connectivity index (χ0n) is 18.6. The second-order valence-electron chi connectivity index (χ2n) is 9.14. The van der Waals surface area contributed by atoms with Crippen LogP contribution >= 0.6 is 23.2 Å². The molecule has 2 bridgehead atoms. The molecule has 0 spiro atoms. The molecule has 184 valence electrons. The number of piperidine rings is 1. The molecule has 2 aliphatic rings. The van der Waals surface area contributed by atoms with Crippen LogP contribution in [0.15, 0.2) is 35.4 Å². The maximum Gasteiger partial charge on any atom is 0.263 e. The summed E-state index contributed by atoms with van der Waals surface area (Å²) in [4.78, 5) is 19.5. The van der Waals surface area contributed by atoms with Gasteiger partial charge in [0.2, 0.25) is 10.0 Å². The van der Waals surface area contributed by atoms with Crippen molar-refractivity contribution in [2.45, 2.75) is 68.2 Å². The summed E-state index contributed by atoms with van der Waals surface area (Å²) in [5, 5.41) is 8.19. The predicted octanol–water partition coefficient (Wildman–Crippen LogP) is 3.65. The van der Waals surface area contributed by atoms with Crippen LogP contribution in [0.2, 0.25) is 10.0 Å². The summed E-state index contributed by atoms with van der Waals surface area (Å²) >= 11 is 12.1. The molecule has 8 nitrogen and oxygen atoms in total. The summed E-state index contributed by atoms with van der Waals surface area (Å²) in [5.74, 6) is -0.194. The first kappa shape index (κ1) is 25.0. The Kier molecular flexibility index (Phi) is 6.71. The average molecular weight is 531 g/mol. The Balaban J connectivity index is 1.42. The number of pyridine rings is 1. The van der Waals surface area contributed by atoms with E-state index in [1.165, 1.54) is 12.3 Å². The molecule has 2 aliphatic heterocycles. The lowest BCUT2D eigenvalue weighted by molar-refractivity contribution is -0.135. The van der Waals surface area contributed by atoms with Crippen molar-refractivity contribution in [3.05, 3.63) is 46.3 Å². The number of carbonyl (C=O) groups excluding carboxylic acids is 1. The third-order valence-corrected chi connectivity index (χ3v) is 7.71. The number of nitrogens with zero attached hydrogens (tertiary/aromatic N) is 2. The van der Waals surface area contributed by atoms with Gasteiger partial charge in [-0.15, -0.1) is 0 Å². The molecule has 3 atom stereocenters. The number of ether oxygens (including phenoxy) is 1. The topological polar surface area (TPSA) is 115 Å². The van der Waals surface area contributed by atoms with Crippen LogP contribution in [0.25, 0.3) is 0 Å². The Hall–Kier alpha value is -2.14. The van der Waals surface area contributed by atoms with Crippen LogP contribution in [-0.2, 0) is 14.8 Å². The number of carbonyl (C=O) groups is 1. The van der Waals surface area contributed by atoms with Crippen molar-refractivity contribution >= 4 is 45.0 Å². The minimum atomic E-state index is -3.80. The van der Waals surface area contributed by atoms with E-state index in [4.69, 9.17) is 33.1 Å². The van der Waals surface area contributed by atoms with Crippen LogP contribution < -0.4 is 20.1 Å². The molecule has 4 rings (SSSR count). The Morgan fingerprint density at radius 3 is 2.29 bits per heavy atom. The highest BCUT2D eigenvalue weighted by Crippen LogP contribution is 2.39. The highest BCUT2D eigenvalue weighted by molar-refractivity contribution is 7.89. The zero-order chi connectivity index (χ0) is 24.8. The van der Waals surface area contributed by atoms with Crippen LogP contribution in [0.1, 0.15) is 39.5 Å². The third-order valence-electron chi connectivity index (χ3n) is 6.25. The number of amides is 1. The van der Waals surface area contributed by atoms with Gasteiger partial charge in [0.25, 0.3) is 5.91 Å². The standard InChI is InChI=1S/C22H25Cl2FN4O4S/c1-22(2,33-20-17(23)7-12(25)8-18(20)24)21(30)28-13-9-14-3-4-15(10-13)29(14)19-6-5-16(11-27-19)34(26,31)32/h5-8,11,13-15H,3-4,9-10H2,1-2H3,(H,28,30)(H2,26,31,32)/t13-,14+,15-. The van der Waals surface area contributed by atoms with Gasteiger partial charge in [-0.1, -0.05) is 23.2 Å². The van der Waals surface area contributed by atoms with E-state index < -0.39 is 21.4 Å². The van der Waals surface area contributed by atoms with E-state index in [-0.39, 0.29) is 44.7 Å². The van der Waals surface area contributed by atoms with Crippen molar-refractivity contribution in [1.29, 1.82) is 0 Å². The Bertz CT molecular complexity index is 1170. The smallest absolute Gasteiger partial charge is 0.263 e. The number of nitrogens with two attached hydrogens (primary N) is 1. The molecule has 1 aromatic heterocycles. The lowest BCUT2D eigenvalue weighted by atomic mass is 9.96. The molecule has 1 aromatic carbocycles. The Labute approximate surface area is 207 Å². The fourth-order valence-corrected chi connectivity index (χ4v) is 5.64. The van der Waals surface area contributed by atoms with Crippen molar-refractivity contribution in [2.75, 3.05) is 4.90 Å². The highest BCUT2D eigenvalue weighted by atomic mass is 35.5. The number of anilines is 1. The van der Waals surface area contributed by atoms with E-state index in [0.717, 1.165) is 25.0 Å². The number of sulfonamides is 1. The van der Waals surface area contributed by atoms with Crippen LogP contribution in [0.3, 0.4) is 0 Å². The lowest BCUT2D eigenvalue weighted by Crippen LogP contribution is -2.55. The van der Waals surface area contributed by atoms with Crippen molar-refractivity contribution in [2.24, 2.45) is 5.14 Å². The normalized spacial score (nSPS) is 22.5. The second-order valence-corrected chi connectivity index (χ2v) is 11.5. The third kappa shape index (κ3) is 5.10. The summed E-state index contributed by atoms with van der Waals surface area (Å²) < 4.78 is 42.3. The molecule has 12 heteroatoms. The number of hydrogen-bond donors (Lipinski definition) is 2. The number of nitrogens with one attached hydrogen (secondary N) is 1. The fourth-order valence-electron chi connectivity index (χ4n) is 4.65. The SMILES string of the molecule is CC(C)(Oc1c(Cl)cc(F)cc1Cl)C(=O)N[C@H]1C[C@H]2CC[C@@H](C1)N2c1ccc(S(N)(=O)=O)cn1. The predicted molar refractivity (Wildman–Crippen MR) is 127 cm³/mol. The molecule has 2 aromatic rings. The van der Waals surface area contributed by atoms with Gasteiger partial charge >= 0.3 is 0 Å². The van der Waals surface area contributed by atoms with Crippen LogP contribution in [0.4, 0.5) is 10.2 Å². The number of halogens is 3. The molecule has 3 N–H and O–H groups in total. The van der Waals surface area contributed by atoms with E-state index in [1.807, 2.05) is 0 Å². The minimum Gasteiger partial charge on any atom is -0.475 e. The number of hydrogen-bond acceptors (Lipinski definition) is 6. The van der Waals surface area contributed by atoms with Gasteiger partial charge in [-0.25, -0.2) is 22.9 Å². The van der Waals surface area contributed by atoms with Gasteiger partial charge in [-0.3, -0.25) is 4.79 Å². The molecule has 34 heavy (non-hydrogen) atoms. The summed E-state index contributed by atoms with van der Waals surface area (Å²) in [5.41, 5.74) is -1.30. The Morgan fingerprint density at radius 2 is 1.79 bits per heavy atom. The fraction of sp³-hybridized carbons (Fsp3) is 0.455. The van der Waals surface area contributed by atoms with Gasteiger partial charge in [0.05, 0.1) is 10.0 Å². The van der Waals surface area contributed by atoms with E-state index in [9.17, 15) is 17.6 Å². The first-order valence-corrected chi connectivity index (χ1v) is 13.1. The zero-order valence-corrected chi connectivity index (χ0v) is 20.9. The van der Waals surface area contributed by atoms with E-state index >= 15 is 0 Å². The summed E-state index contributed by atoms with van der Waals surface area (Å²) in [6.45, 7) is 3.19. The molecule has 0 radical (unpaired) electrons. The molecule has 0 saturated carbocycles. The van der Waals surface area contributed by atoms with Crippen molar-refractivity contribution in [1.82, 2.24) is 10.3 Å². The van der Waals surface area contributed by atoms with Crippen LogP contribution in [0.5, 0.6) is 5.75 Å². The molecule has 3 heterocycles. The monoisotopic (exact) mass is 530 g/mol. The van der Waals surface area contributed by atoms with Crippen LogP contribution in [-0.4, -0.2) is 43.0 Å². The first-order valence-electron chi connectivity index (χ1n) is 10.8. The molecular weight excluding hydrogens is 506 g/mol. The van der Waals surface area contributed by atoms with Crippen molar-refractivity contribution < 1.29 is 22.3 Å². The first-order chi connectivity index (χ1) is 15.8. The van der Waals surface area contributed by atoms with Gasteiger partial charge in [-0.2, -0.15) is 0 Å². The number of fused-ring (bicyclic) bond motifs is 2. The molecule has 1 amide bonds. The summed E-state index contributed by atoms with van der Waals surface area (Å²) in [6, 6.07) is 5.51. The average Bonchev–Trinajstić information content (AvgIpc) is 3.00. The van der Waals surface area contributed by atoms with Gasteiger partial charge in [0, 0.05) is 24.3 Å². The molecule has 0 aliphatic carbocycles. The summed E-state index contributed by atoms with van der Waals surface area (Å²) in [7, 11) is -3.80. The highest BCUT2D eigenvalue weighted by Gasteiger charge is 2.43. The van der Waals surface area contributed by atoms with Crippen molar-refractivity contribution in [3.8, 4) is 5.75 Å². The van der Waals surface area contributed by atoms with E-state index in [1.54, 1.807) is 19.9 Å². The lowest BCUT2D eigenvalue weighted by Gasteiger charge is -2.40. The molecule has 2 saturated heterocycles. The maximum absolute atomic E-state index is 13.5. The van der Waals surface area contributed by atoms with Crippen LogP contribution in [0, 0.1) is 5.82 Å². The molecular formula is C22H25Cl2FN4O4S.